The predicted molar refractivity (Wildman–Crippen MR) is 148 cm³/mol. The average Bonchev–Trinajstić information content (AvgIpc) is 3.47. The number of hydrogen-bond acceptors (Lipinski definition) is 5. The fraction of sp³-hybridized carbons (Fsp3) is 0.367. The first-order valence-corrected chi connectivity index (χ1v) is 14.8. The summed E-state index contributed by atoms with van der Waals surface area (Å²) in [6.45, 7) is 4.51. The molecule has 0 amide bonds. The standard InChI is InChI=1S/C30H32N4O4S/c1-18-14-22-6-4-5-7-28(22)39(37,38)34(17-18)26-12-10-20-8-9-21(15-25(20)26)24(16-29(35)36)23-11-13-27-30(19(23)2)31-32-33(27)3/h4-9,11,13,15,18,24,26H,10,12,14,16-17H2,1-3H3,(H,35,36). The molecule has 0 saturated heterocycles. The minimum Gasteiger partial charge on any atom is -0.481 e. The summed E-state index contributed by atoms with van der Waals surface area (Å²) in [5.74, 6) is -1.12. The molecule has 2 aliphatic rings. The van der Waals surface area contributed by atoms with Gasteiger partial charge in [0.1, 0.15) is 5.52 Å². The summed E-state index contributed by atoms with van der Waals surface area (Å²) in [6.07, 6.45) is 2.14. The van der Waals surface area contributed by atoms with E-state index in [1.54, 1.807) is 21.1 Å². The quantitative estimate of drug-likeness (QED) is 0.389. The van der Waals surface area contributed by atoms with E-state index >= 15 is 0 Å². The van der Waals surface area contributed by atoms with Crippen molar-refractivity contribution in [2.75, 3.05) is 6.54 Å². The van der Waals surface area contributed by atoms with Crippen LogP contribution in [0.4, 0.5) is 0 Å². The molecule has 3 aromatic carbocycles. The number of carbonyl (C=O) groups is 1. The van der Waals surface area contributed by atoms with Gasteiger partial charge in [-0.15, -0.1) is 5.10 Å². The fourth-order valence-corrected chi connectivity index (χ4v) is 8.50. The number of aliphatic carboxylic acids is 1. The third-order valence-corrected chi connectivity index (χ3v) is 10.4. The monoisotopic (exact) mass is 544 g/mol. The Labute approximate surface area is 228 Å². The van der Waals surface area contributed by atoms with Gasteiger partial charge in [0, 0.05) is 19.5 Å². The van der Waals surface area contributed by atoms with Crippen LogP contribution < -0.4 is 0 Å². The summed E-state index contributed by atoms with van der Waals surface area (Å²) in [6, 6.07) is 17.1. The van der Waals surface area contributed by atoms with E-state index in [9.17, 15) is 18.3 Å². The second-order valence-corrected chi connectivity index (χ2v) is 12.9. The van der Waals surface area contributed by atoms with Crippen LogP contribution in [0.1, 0.15) is 65.1 Å². The lowest BCUT2D eigenvalue weighted by Crippen LogP contribution is -2.36. The van der Waals surface area contributed by atoms with Crippen LogP contribution in [-0.4, -0.2) is 45.3 Å². The summed E-state index contributed by atoms with van der Waals surface area (Å²) < 4.78 is 31.3. The lowest BCUT2D eigenvalue weighted by Gasteiger charge is -2.29. The van der Waals surface area contributed by atoms with Crippen LogP contribution in [0, 0.1) is 12.8 Å². The molecule has 4 aromatic rings. The van der Waals surface area contributed by atoms with Crippen LogP contribution >= 0.6 is 0 Å². The maximum absolute atomic E-state index is 14.0. The molecule has 202 valence electrons. The average molecular weight is 545 g/mol. The van der Waals surface area contributed by atoms with Gasteiger partial charge in [0.25, 0.3) is 0 Å². The Morgan fingerprint density at radius 1 is 1.13 bits per heavy atom. The van der Waals surface area contributed by atoms with Gasteiger partial charge in [-0.25, -0.2) is 13.1 Å². The summed E-state index contributed by atoms with van der Waals surface area (Å²) in [7, 11) is -1.86. The van der Waals surface area contributed by atoms with Crippen molar-refractivity contribution in [3.05, 3.63) is 88.0 Å². The summed E-state index contributed by atoms with van der Waals surface area (Å²) >= 11 is 0. The van der Waals surface area contributed by atoms with E-state index in [0.717, 1.165) is 57.3 Å². The predicted octanol–water partition coefficient (Wildman–Crippen LogP) is 4.75. The van der Waals surface area contributed by atoms with E-state index in [-0.39, 0.29) is 18.4 Å². The van der Waals surface area contributed by atoms with Gasteiger partial charge in [-0.1, -0.05) is 54.6 Å². The van der Waals surface area contributed by atoms with Crippen LogP contribution in [-0.2, 0) is 34.7 Å². The highest BCUT2D eigenvalue weighted by Crippen LogP contribution is 2.43. The van der Waals surface area contributed by atoms with E-state index in [0.29, 0.717) is 17.9 Å². The molecule has 9 heteroatoms. The normalized spacial score (nSPS) is 21.3. The van der Waals surface area contributed by atoms with Gasteiger partial charge in [-0.2, -0.15) is 4.31 Å². The lowest BCUT2D eigenvalue weighted by atomic mass is 9.84. The number of rotatable bonds is 5. The summed E-state index contributed by atoms with van der Waals surface area (Å²) in [4.78, 5) is 12.4. The minimum atomic E-state index is -3.69. The van der Waals surface area contributed by atoms with E-state index in [1.807, 2.05) is 44.3 Å². The zero-order valence-corrected chi connectivity index (χ0v) is 23.1. The molecule has 0 radical (unpaired) electrons. The highest BCUT2D eigenvalue weighted by Gasteiger charge is 2.40. The van der Waals surface area contributed by atoms with E-state index in [2.05, 4.69) is 29.4 Å². The number of fused-ring (bicyclic) bond motifs is 3. The molecule has 39 heavy (non-hydrogen) atoms. The van der Waals surface area contributed by atoms with Crippen LogP contribution in [0.15, 0.2) is 59.5 Å². The van der Waals surface area contributed by atoms with E-state index < -0.39 is 21.9 Å². The van der Waals surface area contributed by atoms with Gasteiger partial charge in [-0.05, 0) is 77.6 Å². The molecule has 1 aliphatic carbocycles. The highest BCUT2D eigenvalue weighted by molar-refractivity contribution is 7.89. The Bertz CT molecular complexity index is 1710. The largest absolute Gasteiger partial charge is 0.481 e. The van der Waals surface area contributed by atoms with Crippen molar-refractivity contribution >= 4 is 27.0 Å². The molecular formula is C30H32N4O4S. The Hall–Kier alpha value is -3.56. The molecular weight excluding hydrogens is 512 g/mol. The van der Waals surface area contributed by atoms with E-state index in [4.69, 9.17) is 0 Å². The van der Waals surface area contributed by atoms with Crippen molar-refractivity contribution in [3.8, 4) is 0 Å². The van der Waals surface area contributed by atoms with Crippen molar-refractivity contribution < 1.29 is 18.3 Å². The van der Waals surface area contributed by atoms with Crippen LogP contribution in [0.3, 0.4) is 0 Å². The molecule has 3 unspecified atom stereocenters. The Morgan fingerprint density at radius 3 is 2.72 bits per heavy atom. The second-order valence-electron chi connectivity index (χ2n) is 11.0. The number of hydrogen-bond donors (Lipinski definition) is 1. The first-order valence-electron chi connectivity index (χ1n) is 13.4. The second kappa shape index (κ2) is 9.57. The van der Waals surface area contributed by atoms with Gasteiger partial charge in [0.2, 0.25) is 10.0 Å². The van der Waals surface area contributed by atoms with Gasteiger partial charge < -0.3 is 5.11 Å². The van der Waals surface area contributed by atoms with Crippen molar-refractivity contribution in [1.29, 1.82) is 0 Å². The topological polar surface area (TPSA) is 105 Å². The molecule has 0 saturated carbocycles. The van der Waals surface area contributed by atoms with Gasteiger partial charge in [0.05, 0.1) is 22.9 Å². The Balaban J connectivity index is 1.44. The first kappa shape index (κ1) is 25.7. The van der Waals surface area contributed by atoms with Crippen LogP contribution in [0.25, 0.3) is 11.0 Å². The number of aryl methyl sites for hydroxylation is 3. The number of carboxylic acids is 1. The SMILES string of the molecule is Cc1c(C(CC(=O)O)c2ccc3c(c2)C(N2CC(C)Cc4ccccc4S2(=O)=O)CC3)ccc2c1nnn2C. The van der Waals surface area contributed by atoms with Crippen molar-refractivity contribution in [2.24, 2.45) is 13.0 Å². The molecule has 1 aliphatic heterocycles. The molecule has 0 fully saturated rings. The maximum Gasteiger partial charge on any atom is 0.304 e. The minimum absolute atomic E-state index is 0.0809. The third kappa shape index (κ3) is 4.33. The summed E-state index contributed by atoms with van der Waals surface area (Å²) in [5, 5.41) is 18.3. The first-order chi connectivity index (χ1) is 18.6. The molecule has 8 nitrogen and oxygen atoms in total. The molecule has 0 bridgehead atoms. The zero-order chi connectivity index (χ0) is 27.5. The number of aromatic nitrogens is 3. The number of nitrogens with zero attached hydrogens (tertiary/aromatic N) is 4. The van der Waals surface area contributed by atoms with Crippen molar-refractivity contribution in [2.45, 2.75) is 56.4 Å². The van der Waals surface area contributed by atoms with Gasteiger partial charge in [-0.3, -0.25) is 4.79 Å². The van der Waals surface area contributed by atoms with Crippen LogP contribution in [0.5, 0.6) is 0 Å². The van der Waals surface area contributed by atoms with Crippen molar-refractivity contribution in [1.82, 2.24) is 19.3 Å². The molecule has 0 spiro atoms. The molecule has 6 rings (SSSR count). The van der Waals surface area contributed by atoms with Crippen molar-refractivity contribution in [3.63, 3.8) is 0 Å². The van der Waals surface area contributed by atoms with Gasteiger partial charge in [0.15, 0.2) is 0 Å². The zero-order valence-electron chi connectivity index (χ0n) is 22.3. The third-order valence-electron chi connectivity index (χ3n) is 8.42. The molecule has 3 atom stereocenters. The van der Waals surface area contributed by atoms with Gasteiger partial charge >= 0.3 is 5.97 Å². The lowest BCUT2D eigenvalue weighted by molar-refractivity contribution is -0.137. The Kier molecular flexibility index (Phi) is 6.31. The Morgan fingerprint density at radius 2 is 1.92 bits per heavy atom. The maximum atomic E-state index is 14.0. The summed E-state index contributed by atoms with van der Waals surface area (Å²) in [5.41, 5.74) is 7.30. The molecule has 1 N–H and O–H groups in total. The van der Waals surface area contributed by atoms with E-state index in [1.165, 1.54) is 0 Å². The molecule has 2 heterocycles. The number of carboxylic acid groups (broad SMARTS) is 1. The smallest absolute Gasteiger partial charge is 0.304 e. The highest BCUT2D eigenvalue weighted by atomic mass is 32.2. The fourth-order valence-electron chi connectivity index (χ4n) is 6.51. The number of sulfonamides is 1. The van der Waals surface area contributed by atoms with Crippen LogP contribution in [0.2, 0.25) is 0 Å². The number of benzene rings is 3. The molecule has 1 aromatic heterocycles.